The van der Waals surface area contributed by atoms with Gasteiger partial charge in [-0.15, -0.1) is 0 Å². The van der Waals surface area contributed by atoms with E-state index in [0.717, 1.165) is 17.3 Å². The minimum atomic E-state index is -0.716. The van der Waals surface area contributed by atoms with Gasteiger partial charge in [0, 0.05) is 10.9 Å². The van der Waals surface area contributed by atoms with Crippen molar-refractivity contribution < 1.29 is 19.1 Å². The first-order valence-electron chi connectivity index (χ1n) is 7.44. The second-order valence-electron chi connectivity index (χ2n) is 5.88. The van der Waals surface area contributed by atoms with Crippen molar-refractivity contribution in [2.45, 2.75) is 31.1 Å². The van der Waals surface area contributed by atoms with E-state index in [4.69, 9.17) is 4.74 Å². The normalized spacial score (nSPS) is 19.5. The number of nitrogens with one attached hydrogen (secondary N) is 2. The van der Waals surface area contributed by atoms with Gasteiger partial charge >= 0.3 is 5.97 Å². The lowest BCUT2D eigenvalue weighted by Crippen LogP contribution is -2.48. The standard InChI is InChI=1S/C17H20N2O4S/c1-17(2)14(15(21)23-3)18-10-12(16(22)24-17)19-13(20)9-11-7-5-4-6-8-11/h4-8,10,14,18H,9H2,1-3H3,(H,19,20)/t14-/m0/s1. The second kappa shape index (κ2) is 7.53. The van der Waals surface area contributed by atoms with Gasteiger partial charge < -0.3 is 15.4 Å². The lowest BCUT2D eigenvalue weighted by atomic mass is 10.0. The molecule has 1 aliphatic rings. The molecule has 1 amide bonds. The first-order valence-corrected chi connectivity index (χ1v) is 8.26. The predicted octanol–water partition coefficient (Wildman–Crippen LogP) is 1.37. The first kappa shape index (κ1) is 18.1. The number of hydrogen-bond acceptors (Lipinski definition) is 6. The van der Waals surface area contributed by atoms with Gasteiger partial charge in [0.05, 0.1) is 13.5 Å². The van der Waals surface area contributed by atoms with Crippen LogP contribution in [0.4, 0.5) is 0 Å². The maximum Gasteiger partial charge on any atom is 0.329 e. The van der Waals surface area contributed by atoms with Crippen molar-refractivity contribution in [3.05, 3.63) is 47.8 Å². The molecule has 6 nitrogen and oxygen atoms in total. The van der Waals surface area contributed by atoms with Crippen LogP contribution in [0.2, 0.25) is 0 Å². The number of carbonyl (C=O) groups excluding carboxylic acids is 3. The van der Waals surface area contributed by atoms with Gasteiger partial charge in [0.2, 0.25) is 11.0 Å². The van der Waals surface area contributed by atoms with Crippen LogP contribution in [0.3, 0.4) is 0 Å². The number of ether oxygens (including phenoxy) is 1. The Hall–Kier alpha value is -2.28. The zero-order chi connectivity index (χ0) is 17.7. The maximum absolute atomic E-state index is 12.4. The molecular weight excluding hydrogens is 328 g/mol. The van der Waals surface area contributed by atoms with E-state index in [0.29, 0.717) is 0 Å². The van der Waals surface area contributed by atoms with Crippen molar-refractivity contribution in [1.82, 2.24) is 10.6 Å². The Morgan fingerprint density at radius 1 is 1.29 bits per heavy atom. The highest BCUT2D eigenvalue weighted by molar-refractivity contribution is 8.15. The summed E-state index contributed by atoms with van der Waals surface area (Å²) in [6, 6.07) is 8.55. The van der Waals surface area contributed by atoms with E-state index in [1.165, 1.54) is 13.3 Å². The molecule has 0 aliphatic carbocycles. The largest absolute Gasteiger partial charge is 0.467 e. The van der Waals surface area contributed by atoms with Crippen LogP contribution in [-0.4, -0.2) is 34.9 Å². The van der Waals surface area contributed by atoms with Crippen LogP contribution >= 0.6 is 11.8 Å². The van der Waals surface area contributed by atoms with Crippen LogP contribution in [0, 0.1) is 0 Å². The molecule has 0 aromatic heterocycles. The molecule has 7 heteroatoms. The molecule has 1 atom stereocenters. The van der Waals surface area contributed by atoms with E-state index in [2.05, 4.69) is 10.6 Å². The molecule has 1 aromatic carbocycles. The summed E-state index contributed by atoms with van der Waals surface area (Å²) >= 11 is 0.987. The van der Waals surface area contributed by atoms with E-state index in [1.807, 2.05) is 30.3 Å². The Bertz CT molecular complexity index is 670. The molecule has 1 aromatic rings. The van der Waals surface area contributed by atoms with Gasteiger partial charge in [0.1, 0.15) is 11.7 Å². The number of thioether (sulfide) groups is 1. The Morgan fingerprint density at radius 2 is 1.96 bits per heavy atom. The zero-order valence-corrected chi connectivity index (χ0v) is 14.6. The Morgan fingerprint density at radius 3 is 2.58 bits per heavy atom. The number of benzene rings is 1. The summed E-state index contributed by atoms with van der Waals surface area (Å²) in [5.41, 5.74) is 0.977. The van der Waals surface area contributed by atoms with Crippen LogP contribution in [-0.2, 0) is 25.5 Å². The molecule has 0 bridgehead atoms. The molecule has 0 saturated heterocycles. The van der Waals surface area contributed by atoms with Crippen molar-refractivity contribution in [3.63, 3.8) is 0 Å². The fraction of sp³-hybridized carbons (Fsp3) is 0.353. The average molecular weight is 348 g/mol. The number of hydrogen-bond donors (Lipinski definition) is 2. The SMILES string of the molecule is COC(=O)[C@@H]1NC=C(NC(=O)Cc2ccccc2)C(=O)SC1(C)C. The topological polar surface area (TPSA) is 84.5 Å². The highest BCUT2D eigenvalue weighted by Crippen LogP contribution is 2.33. The van der Waals surface area contributed by atoms with Crippen molar-refractivity contribution >= 4 is 28.8 Å². The van der Waals surface area contributed by atoms with E-state index < -0.39 is 16.8 Å². The third kappa shape index (κ3) is 4.38. The van der Waals surface area contributed by atoms with Crippen molar-refractivity contribution in [3.8, 4) is 0 Å². The van der Waals surface area contributed by atoms with Gasteiger partial charge in [-0.1, -0.05) is 42.1 Å². The van der Waals surface area contributed by atoms with Crippen molar-refractivity contribution in [2.24, 2.45) is 0 Å². The Balaban J connectivity index is 2.09. The van der Waals surface area contributed by atoms with Crippen LogP contribution < -0.4 is 10.6 Å². The average Bonchev–Trinajstić information content (AvgIpc) is 2.63. The molecule has 24 heavy (non-hydrogen) atoms. The highest BCUT2D eigenvalue weighted by atomic mass is 32.2. The van der Waals surface area contributed by atoms with E-state index in [1.54, 1.807) is 13.8 Å². The Kier molecular flexibility index (Phi) is 5.66. The highest BCUT2D eigenvalue weighted by Gasteiger charge is 2.41. The molecule has 1 heterocycles. The molecule has 0 spiro atoms. The third-order valence-corrected chi connectivity index (χ3v) is 4.75. The summed E-state index contributed by atoms with van der Waals surface area (Å²) in [7, 11) is 1.30. The summed E-state index contributed by atoms with van der Waals surface area (Å²) in [5, 5.41) is 5.18. The molecule has 0 saturated carbocycles. The van der Waals surface area contributed by atoms with Gasteiger partial charge in [-0.2, -0.15) is 0 Å². The first-order chi connectivity index (χ1) is 11.3. The molecular formula is C17H20N2O4S. The van der Waals surface area contributed by atoms with Gasteiger partial charge in [-0.05, 0) is 19.4 Å². The van der Waals surface area contributed by atoms with Gasteiger partial charge in [0.15, 0.2) is 0 Å². The number of esters is 1. The third-order valence-electron chi connectivity index (χ3n) is 3.58. The smallest absolute Gasteiger partial charge is 0.329 e. The van der Waals surface area contributed by atoms with Crippen molar-refractivity contribution in [1.29, 1.82) is 0 Å². The number of carbonyl (C=O) groups is 3. The zero-order valence-electron chi connectivity index (χ0n) is 13.8. The van der Waals surface area contributed by atoms with Crippen LogP contribution in [0.5, 0.6) is 0 Å². The van der Waals surface area contributed by atoms with E-state index >= 15 is 0 Å². The molecule has 0 unspecified atom stereocenters. The summed E-state index contributed by atoms with van der Waals surface area (Å²) in [6.45, 7) is 3.54. The number of methoxy groups -OCH3 is 1. The van der Waals surface area contributed by atoms with Gasteiger partial charge in [-0.3, -0.25) is 9.59 Å². The number of rotatable bonds is 4. The summed E-state index contributed by atoms with van der Waals surface area (Å²) in [4.78, 5) is 36.4. The minimum absolute atomic E-state index is 0.125. The maximum atomic E-state index is 12.4. The molecule has 1 aliphatic heterocycles. The van der Waals surface area contributed by atoms with Gasteiger partial charge in [0.25, 0.3) is 0 Å². The lowest BCUT2D eigenvalue weighted by molar-refractivity contribution is -0.143. The van der Waals surface area contributed by atoms with E-state index in [-0.39, 0.29) is 23.1 Å². The molecule has 0 fully saturated rings. The monoisotopic (exact) mass is 348 g/mol. The minimum Gasteiger partial charge on any atom is -0.467 e. The predicted molar refractivity (Wildman–Crippen MR) is 92.0 cm³/mol. The fourth-order valence-corrected chi connectivity index (χ4v) is 3.29. The summed E-state index contributed by atoms with van der Waals surface area (Å²) in [5.74, 6) is -0.758. The lowest BCUT2D eigenvalue weighted by Gasteiger charge is -2.29. The molecule has 2 N–H and O–H groups in total. The number of amides is 1. The Labute approximate surface area is 145 Å². The van der Waals surface area contributed by atoms with Crippen LogP contribution in [0.1, 0.15) is 19.4 Å². The molecule has 128 valence electrons. The summed E-state index contributed by atoms with van der Waals surface area (Å²) in [6.07, 6.45) is 1.54. The van der Waals surface area contributed by atoms with E-state index in [9.17, 15) is 14.4 Å². The van der Waals surface area contributed by atoms with Crippen LogP contribution in [0.15, 0.2) is 42.2 Å². The molecule has 2 rings (SSSR count). The van der Waals surface area contributed by atoms with Crippen molar-refractivity contribution in [2.75, 3.05) is 7.11 Å². The fourth-order valence-electron chi connectivity index (χ4n) is 2.31. The second-order valence-corrected chi connectivity index (χ2v) is 7.51. The van der Waals surface area contributed by atoms with Gasteiger partial charge in [-0.25, -0.2) is 4.79 Å². The van der Waals surface area contributed by atoms with Crippen LogP contribution in [0.25, 0.3) is 0 Å². The summed E-state index contributed by atoms with van der Waals surface area (Å²) < 4.78 is 4.05. The quantitative estimate of drug-likeness (QED) is 0.800. The molecule has 0 radical (unpaired) electrons.